The van der Waals surface area contributed by atoms with E-state index in [0.717, 1.165) is 0 Å². The first-order valence-corrected chi connectivity index (χ1v) is 6.11. The molecule has 0 unspecified atom stereocenters. The SMILES string of the molecule is Cc1noc(-c2cc(Oc3ccc(N)c(F)c3)ccn2)n1. The Morgan fingerprint density at radius 3 is 2.71 bits per heavy atom. The van der Waals surface area contributed by atoms with Crippen molar-refractivity contribution in [3.63, 3.8) is 0 Å². The highest BCUT2D eigenvalue weighted by Gasteiger charge is 2.09. The summed E-state index contributed by atoms with van der Waals surface area (Å²) in [5, 5.41) is 3.70. The highest BCUT2D eigenvalue weighted by atomic mass is 19.1. The lowest BCUT2D eigenvalue weighted by Crippen LogP contribution is -1.92. The van der Waals surface area contributed by atoms with Crippen LogP contribution in [0.5, 0.6) is 11.5 Å². The van der Waals surface area contributed by atoms with Crippen molar-refractivity contribution in [3.05, 3.63) is 48.2 Å². The fourth-order valence-corrected chi connectivity index (χ4v) is 1.70. The van der Waals surface area contributed by atoms with Crippen molar-refractivity contribution in [1.29, 1.82) is 0 Å². The molecule has 0 spiro atoms. The van der Waals surface area contributed by atoms with Crippen molar-refractivity contribution in [3.8, 4) is 23.1 Å². The molecule has 3 aromatic rings. The van der Waals surface area contributed by atoms with E-state index < -0.39 is 5.82 Å². The van der Waals surface area contributed by atoms with E-state index in [1.807, 2.05) is 0 Å². The van der Waals surface area contributed by atoms with Crippen molar-refractivity contribution in [2.45, 2.75) is 6.92 Å². The van der Waals surface area contributed by atoms with Crippen LogP contribution < -0.4 is 10.5 Å². The standard InChI is InChI=1S/C14H11FN4O2/c1-8-18-14(21-19-8)13-7-10(4-5-17-13)20-9-2-3-12(16)11(15)6-9/h2-7H,16H2,1H3. The molecule has 0 saturated carbocycles. The monoisotopic (exact) mass is 286 g/mol. The summed E-state index contributed by atoms with van der Waals surface area (Å²) in [4.78, 5) is 8.21. The first-order valence-electron chi connectivity index (χ1n) is 6.11. The van der Waals surface area contributed by atoms with Crippen LogP contribution in [-0.2, 0) is 0 Å². The number of halogens is 1. The van der Waals surface area contributed by atoms with Gasteiger partial charge in [0.1, 0.15) is 23.0 Å². The van der Waals surface area contributed by atoms with E-state index in [1.165, 1.54) is 18.3 Å². The first kappa shape index (κ1) is 13.0. The number of hydrogen-bond acceptors (Lipinski definition) is 6. The quantitative estimate of drug-likeness (QED) is 0.745. The van der Waals surface area contributed by atoms with Gasteiger partial charge in [0, 0.05) is 18.3 Å². The molecule has 2 aromatic heterocycles. The minimum Gasteiger partial charge on any atom is -0.457 e. The fraction of sp³-hybridized carbons (Fsp3) is 0.0714. The van der Waals surface area contributed by atoms with Crippen LogP contribution in [0.1, 0.15) is 5.82 Å². The zero-order valence-electron chi connectivity index (χ0n) is 11.1. The third-order valence-electron chi connectivity index (χ3n) is 2.69. The molecular formula is C14H11FN4O2. The van der Waals surface area contributed by atoms with E-state index in [9.17, 15) is 4.39 Å². The summed E-state index contributed by atoms with van der Waals surface area (Å²) in [6.07, 6.45) is 1.54. The molecule has 6 nitrogen and oxygen atoms in total. The summed E-state index contributed by atoms with van der Waals surface area (Å²) in [7, 11) is 0. The molecule has 0 atom stereocenters. The summed E-state index contributed by atoms with van der Waals surface area (Å²) in [6.45, 7) is 1.71. The molecule has 0 aliphatic rings. The lowest BCUT2D eigenvalue weighted by atomic mass is 10.3. The average Bonchev–Trinajstić information content (AvgIpc) is 2.90. The van der Waals surface area contributed by atoms with Crippen molar-refractivity contribution in [1.82, 2.24) is 15.1 Å². The number of pyridine rings is 1. The van der Waals surface area contributed by atoms with Gasteiger partial charge >= 0.3 is 0 Å². The highest BCUT2D eigenvalue weighted by Crippen LogP contribution is 2.26. The van der Waals surface area contributed by atoms with E-state index in [2.05, 4.69) is 15.1 Å². The first-order chi connectivity index (χ1) is 10.1. The number of aryl methyl sites for hydroxylation is 1. The molecule has 7 heteroatoms. The zero-order chi connectivity index (χ0) is 14.8. The second-order valence-electron chi connectivity index (χ2n) is 4.31. The van der Waals surface area contributed by atoms with Gasteiger partial charge in [-0.2, -0.15) is 4.98 Å². The van der Waals surface area contributed by atoms with Gasteiger partial charge in [0.05, 0.1) is 5.69 Å². The third kappa shape index (κ3) is 2.81. The maximum absolute atomic E-state index is 13.4. The number of nitrogens with zero attached hydrogens (tertiary/aromatic N) is 3. The molecule has 0 saturated heterocycles. The number of aromatic nitrogens is 3. The predicted molar refractivity (Wildman–Crippen MR) is 73.2 cm³/mol. The van der Waals surface area contributed by atoms with Gasteiger partial charge in [-0.05, 0) is 25.1 Å². The van der Waals surface area contributed by atoms with Crippen LogP contribution in [-0.4, -0.2) is 15.1 Å². The second kappa shape index (κ2) is 5.20. The molecule has 0 bridgehead atoms. The predicted octanol–water partition coefficient (Wildman–Crippen LogP) is 2.95. The van der Waals surface area contributed by atoms with E-state index in [-0.39, 0.29) is 5.69 Å². The smallest absolute Gasteiger partial charge is 0.276 e. The molecule has 2 heterocycles. The Labute approximate surface area is 119 Å². The van der Waals surface area contributed by atoms with Crippen molar-refractivity contribution >= 4 is 5.69 Å². The Kier molecular flexibility index (Phi) is 3.23. The Bertz CT molecular complexity index is 788. The summed E-state index contributed by atoms with van der Waals surface area (Å²) < 4.78 is 24.0. The topological polar surface area (TPSA) is 87.1 Å². The number of benzene rings is 1. The number of rotatable bonds is 3. The van der Waals surface area contributed by atoms with Gasteiger partial charge in [-0.25, -0.2) is 4.39 Å². The molecule has 106 valence electrons. The van der Waals surface area contributed by atoms with Gasteiger partial charge in [-0.1, -0.05) is 5.16 Å². The Balaban J connectivity index is 1.87. The maximum Gasteiger partial charge on any atom is 0.276 e. The number of ether oxygens (including phenoxy) is 1. The summed E-state index contributed by atoms with van der Waals surface area (Å²) in [6, 6.07) is 7.50. The van der Waals surface area contributed by atoms with Gasteiger partial charge < -0.3 is 15.0 Å². The third-order valence-corrected chi connectivity index (χ3v) is 2.69. The summed E-state index contributed by atoms with van der Waals surface area (Å²) in [5.41, 5.74) is 5.96. The Morgan fingerprint density at radius 1 is 1.19 bits per heavy atom. The molecule has 0 radical (unpaired) electrons. The molecule has 2 N–H and O–H groups in total. The van der Waals surface area contributed by atoms with Gasteiger partial charge in [0.2, 0.25) is 0 Å². The average molecular weight is 286 g/mol. The Hall–Kier alpha value is -2.96. The van der Waals surface area contributed by atoms with Crippen LogP contribution in [0.15, 0.2) is 41.1 Å². The largest absolute Gasteiger partial charge is 0.457 e. The van der Waals surface area contributed by atoms with E-state index in [0.29, 0.717) is 28.9 Å². The van der Waals surface area contributed by atoms with Crippen LogP contribution in [0.2, 0.25) is 0 Å². The summed E-state index contributed by atoms with van der Waals surface area (Å²) >= 11 is 0. The number of anilines is 1. The lowest BCUT2D eigenvalue weighted by Gasteiger charge is -2.06. The van der Waals surface area contributed by atoms with Crippen LogP contribution >= 0.6 is 0 Å². The zero-order valence-corrected chi connectivity index (χ0v) is 11.1. The van der Waals surface area contributed by atoms with Crippen LogP contribution in [0.25, 0.3) is 11.6 Å². The normalized spacial score (nSPS) is 10.6. The van der Waals surface area contributed by atoms with Gasteiger partial charge in [0.15, 0.2) is 5.82 Å². The van der Waals surface area contributed by atoms with Gasteiger partial charge in [-0.15, -0.1) is 0 Å². The van der Waals surface area contributed by atoms with Crippen molar-refractivity contribution in [2.75, 3.05) is 5.73 Å². The van der Waals surface area contributed by atoms with Gasteiger partial charge in [-0.3, -0.25) is 4.98 Å². The van der Waals surface area contributed by atoms with Crippen LogP contribution in [0.4, 0.5) is 10.1 Å². The number of hydrogen-bond donors (Lipinski definition) is 1. The highest BCUT2D eigenvalue weighted by molar-refractivity contribution is 5.50. The lowest BCUT2D eigenvalue weighted by molar-refractivity contribution is 0.423. The number of nitrogens with two attached hydrogens (primary N) is 1. The molecule has 1 aromatic carbocycles. The Morgan fingerprint density at radius 2 is 2.00 bits per heavy atom. The van der Waals surface area contributed by atoms with Gasteiger partial charge in [0.25, 0.3) is 5.89 Å². The molecule has 3 rings (SSSR count). The second-order valence-corrected chi connectivity index (χ2v) is 4.31. The molecule has 21 heavy (non-hydrogen) atoms. The molecule has 0 aliphatic carbocycles. The minimum absolute atomic E-state index is 0.0686. The molecule has 0 amide bonds. The molecule has 0 fully saturated rings. The van der Waals surface area contributed by atoms with Crippen LogP contribution in [0.3, 0.4) is 0 Å². The molecule has 0 aliphatic heterocycles. The number of nitrogen functional groups attached to an aromatic ring is 1. The minimum atomic E-state index is -0.533. The van der Waals surface area contributed by atoms with Crippen LogP contribution in [0, 0.1) is 12.7 Å². The summed E-state index contributed by atoms with van der Waals surface area (Å²) in [5.74, 6) is 1.08. The van der Waals surface area contributed by atoms with Crippen molar-refractivity contribution in [2.24, 2.45) is 0 Å². The van der Waals surface area contributed by atoms with E-state index in [1.54, 1.807) is 25.1 Å². The van der Waals surface area contributed by atoms with E-state index in [4.69, 9.17) is 15.0 Å². The maximum atomic E-state index is 13.4. The fourth-order valence-electron chi connectivity index (χ4n) is 1.70. The molecular weight excluding hydrogens is 275 g/mol. The van der Waals surface area contributed by atoms with Crippen molar-refractivity contribution < 1.29 is 13.7 Å². The van der Waals surface area contributed by atoms with E-state index >= 15 is 0 Å².